The van der Waals surface area contributed by atoms with Crippen molar-refractivity contribution in [1.82, 2.24) is 24.7 Å². The Morgan fingerprint density at radius 3 is 2.45 bits per heavy atom. The van der Waals surface area contributed by atoms with E-state index in [9.17, 15) is 22.4 Å². The van der Waals surface area contributed by atoms with Crippen molar-refractivity contribution in [2.75, 3.05) is 10.6 Å². The first-order valence-corrected chi connectivity index (χ1v) is 11.8. The number of carbonyl (C=O) groups is 1. The maximum absolute atomic E-state index is 14.8. The Morgan fingerprint density at radius 2 is 1.84 bits per heavy atom. The largest absolute Gasteiger partial charge is 0.401 e. The average molecular weight is 529 g/mol. The molecule has 5 rings (SSSR count). The number of nitrogens with zero attached hydrogens (tertiary/aromatic N) is 5. The number of imidazole rings is 1. The molecule has 38 heavy (non-hydrogen) atoms. The van der Waals surface area contributed by atoms with Crippen LogP contribution in [0.1, 0.15) is 44.1 Å². The van der Waals surface area contributed by atoms with Crippen molar-refractivity contribution in [3.63, 3.8) is 0 Å². The molecule has 1 aliphatic rings. The highest BCUT2D eigenvalue weighted by atomic mass is 19.4. The summed E-state index contributed by atoms with van der Waals surface area (Å²) < 4.78 is 61.3. The molecule has 1 aromatic carbocycles. The maximum Gasteiger partial charge on any atom is 0.401 e. The standard InChI is InChI=1S/C25H23F4N7O2/c1-14(2)36-12-21(32-13-36)34-23-30-10-17(11-31-23)15-3-4-16(18(26)7-15)8-22(37)33-20-9-19(38-35-20)24(5-6-24)25(27,28)29/h3-4,7,9-14H,5-6,8H2,1-2H3,(H,30,31,34)(H,33,35,37). The van der Waals surface area contributed by atoms with Gasteiger partial charge in [0, 0.05) is 36.3 Å². The highest BCUT2D eigenvalue weighted by Crippen LogP contribution is 2.59. The molecule has 4 aromatic rings. The molecule has 9 nitrogen and oxygen atoms in total. The minimum Gasteiger partial charge on any atom is -0.358 e. The lowest BCUT2D eigenvalue weighted by Crippen LogP contribution is -2.28. The fourth-order valence-electron chi connectivity index (χ4n) is 3.92. The van der Waals surface area contributed by atoms with Crippen molar-refractivity contribution in [3.8, 4) is 11.1 Å². The van der Waals surface area contributed by atoms with Crippen molar-refractivity contribution in [2.45, 2.75) is 50.7 Å². The van der Waals surface area contributed by atoms with Crippen LogP contribution in [0.3, 0.4) is 0 Å². The Bertz CT molecular complexity index is 1460. The van der Waals surface area contributed by atoms with Gasteiger partial charge in [-0.25, -0.2) is 19.3 Å². The first-order chi connectivity index (χ1) is 18.0. The molecule has 0 saturated heterocycles. The smallest absolute Gasteiger partial charge is 0.358 e. The van der Waals surface area contributed by atoms with Crippen molar-refractivity contribution < 1.29 is 26.9 Å². The fraction of sp³-hybridized carbons (Fsp3) is 0.320. The normalized spacial score (nSPS) is 14.5. The molecule has 0 unspecified atom stereocenters. The monoisotopic (exact) mass is 529 g/mol. The summed E-state index contributed by atoms with van der Waals surface area (Å²) in [5.41, 5.74) is -0.874. The van der Waals surface area contributed by atoms with Crippen LogP contribution in [0.2, 0.25) is 0 Å². The predicted molar refractivity (Wildman–Crippen MR) is 129 cm³/mol. The molecule has 2 N–H and O–H groups in total. The van der Waals surface area contributed by atoms with E-state index in [0.29, 0.717) is 22.9 Å². The number of nitrogens with one attached hydrogen (secondary N) is 2. The zero-order valence-electron chi connectivity index (χ0n) is 20.4. The molecule has 1 aliphatic carbocycles. The van der Waals surface area contributed by atoms with Crippen LogP contribution < -0.4 is 10.6 Å². The highest BCUT2D eigenvalue weighted by Gasteiger charge is 2.66. The van der Waals surface area contributed by atoms with Gasteiger partial charge in [-0.05, 0) is 43.9 Å². The molecular weight excluding hydrogens is 506 g/mol. The Labute approximate surface area is 214 Å². The molecule has 0 bridgehead atoms. The third-order valence-corrected chi connectivity index (χ3v) is 6.37. The first kappa shape index (κ1) is 25.4. The van der Waals surface area contributed by atoms with E-state index in [-0.39, 0.29) is 42.4 Å². The van der Waals surface area contributed by atoms with Gasteiger partial charge in [0.25, 0.3) is 0 Å². The summed E-state index contributed by atoms with van der Waals surface area (Å²) in [6.45, 7) is 4.06. The summed E-state index contributed by atoms with van der Waals surface area (Å²) in [6.07, 6.45) is 1.61. The van der Waals surface area contributed by atoms with E-state index in [1.165, 1.54) is 24.5 Å². The third-order valence-electron chi connectivity index (χ3n) is 6.37. The van der Waals surface area contributed by atoms with E-state index < -0.39 is 23.3 Å². The highest BCUT2D eigenvalue weighted by molar-refractivity contribution is 5.91. The number of benzene rings is 1. The molecule has 0 atom stereocenters. The molecule has 3 aromatic heterocycles. The van der Waals surface area contributed by atoms with Gasteiger partial charge in [-0.2, -0.15) is 13.2 Å². The minimum atomic E-state index is -4.46. The molecule has 1 amide bonds. The molecule has 3 heterocycles. The number of halogens is 4. The topological polar surface area (TPSA) is 111 Å². The van der Waals surface area contributed by atoms with Crippen LogP contribution >= 0.6 is 0 Å². The van der Waals surface area contributed by atoms with Crippen molar-refractivity contribution in [1.29, 1.82) is 0 Å². The van der Waals surface area contributed by atoms with Crippen LogP contribution in [0.15, 0.2) is 53.7 Å². The van der Waals surface area contributed by atoms with Crippen LogP contribution in [0.25, 0.3) is 11.1 Å². The lowest BCUT2D eigenvalue weighted by molar-refractivity contribution is -0.165. The fourth-order valence-corrected chi connectivity index (χ4v) is 3.92. The van der Waals surface area contributed by atoms with Crippen molar-refractivity contribution in [2.24, 2.45) is 0 Å². The second kappa shape index (κ2) is 9.54. The van der Waals surface area contributed by atoms with Crippen molar-refractivity contribution in [3.05, 3.63) is 66.3 Å². The Balaban J connectivity index is 1.20. The molecule has 198 valence electrons. The molecular formula is C25H23F4N7O2. The number of amides is 1. The maximum atomic E-state index is 14.8. The van der Waals surface area contributed by atoms with Gasteiger partial charge in [0.2, 0.25) is 11.9 Å². The number of anilines is 3. The quantitative estimate of drug-likeness (QED) is 0.287. The number of rotatable bonds is 8. The zero-order valence-corrected chi connectivity index (χ0v) is 20.4. The van der Waals surface area contributed by atoms with Gasteiger partial charge in [0.1, 0.15) is 11.2 Å². The third kappa shape index (κ3) is 5.08. The average Bonchev–Trinajstić information content (AvgIpc) is 3.34. The molecule has 1 saturated carbocycles. The van der Waals surface area contributed by atoms with E-state index in [4.69, 9.17) is 4.52 Å². The summed E-state index contributed by atoms with van der Waals surface area (Å²) in [7, 11) is 0. The first-order valence-electron chi connectivity index (χ1n) is 11.8. The molecule has 0 radical (unpaired) electrons. The number of hydrogen-bond donors (Lipinski definition) is 2. The second-order valence-corrected chi connectivity index (χ2v) is 9.41. The lowest BCUT2D eigenvalue weighted by atomic mass is 10.0. The molecule has 1 fully saturated rings. The van der Waals surface area contributed by atoms with Gasteiger partial charge >= 0.3 is 6.18 Å². The summed E-state index contributed by atoms with van der Waals surface area (Å²) in [5, 5.41) is 8.87. The summed E-state index contributed by atoms with van der Waals surface area (Å²) in [6, 6.07) is 5.65. The zero-order chi connectivity index (χ0) is 27.1. The van der Waals surface area contributed by atoms with E-state index in [1.54, 1.807) is 12.4 Å². The van der Waals surface area contributed by atoms with Crippen LogP contribution in [-0.4, -0.2) is 36.8 Å². The summed E-state index contributed by atoms with van der Waals surface area (Å²) >= 11 is 0. The molecule has 13 heteroatoms. The predicted octanol–water partition coefficient (Wildman–Crippen LogP) is 5.57. The van der Waals surface area contributed by atoms with Crippen molar-refractivity contribution >= 4 is 23.5 Å². The number of alkyl halides is 3. The van der Waals surface area contributed by atoms with Gasteiger partial charge in [-0.15, -0.1) is 0 Å². The van der Waals surface area contributed by atoms with E-state index in [2.05, 4.69) is 30.7 Å². The van der Waals surface area contributed by atoms with Gasteiger partial charge < -0.3 is 19.7 Å². The number of carbonyl (C=O) groups excluding carboxylic acids is 1. The number of hydrogen-bond acceptors (Lipinski definition) is 7. The van der Waals surface area contributed by atoms with Gasteiger partial charge in [0.05, 0.1) is 12.7 Å². The van der Waals surface area contributed by atoms with Crippen LogP contribution in [0, 0.1) is 5.82 Å². The van der Waals surface area contributed by atoms with E-state index >= 15 is 0 Å². The van der Waals surface area contributed by atoms with Crippen LogP contribution in [0.5, 0.6) is 0 Å². The summed E-state index contributed by atoms with van der Waals surface area (Å²) in [5.74, 6) is -0.852. The number of aromatic nitrogens is 5. The second-order valence-electron chi connectivity index (χ2n) is 9.41. The van der Waals surface area contributed by atoms with Crippen LogP contribution in [0.4, 0.5) is 35.1 Å². The van der Waals surface area contributed by atoms with Crippen LogP contribution in [-0.2, 0) is 16.6 Å². The Morgan fingerprint density at radius 1 is 1.11 bits per heavy atom. The summed E-state index contributed by atoms with van der Waals surface area (Å²) in [4.78, 5) is 25.1. The van der Waals surface area contributed by atoms with E-state index in [1.807, 2.05) is 24.6 Å². The SMILES string of the molecule is CC(C)n1cnc(Nc2ncc(-c3ccc(CC(=O)Nc4cc(C5(C(F)(F)F)CC5)on4)c(F)c3)cn2)c1. The molecule has 0 spiro atoms. The van der Waals surface area contributed by atoms with Gasteiger partial charge in [-0.1, -0.05) is 17.3 Å². The Hall–Kier alpha value is -4.29. The molecule has 0 aliphatic heterocycles. The van der Waals surface area contributed by atoms with E-state index in [0.717, 1.165) is 6.07 Å². The minimum absolute atomic E-state index is 0.0927. The van der Waals surface area contributed by atoms with Gasteiger partial charge in [0.15, 0.2) is 17.4 Å². The lowest BCUT2D eigenvalue weighted by Gasteiger charge is -2.14. The Kier molecular flexibility index (Phi) is 6.37. The van der Waals surface area contributed by atoms with Gasteiger partial charge in [-0.3, -0.25) is 4.79 Å².